The van der Waals surface area contributed by atoms with Crippen LogP contribution in [0.3, 0.4) is 0 Å². The molecule has 3 nitrogen and oxygen atoms in total. The number of rotatable bonds is 4. The van der Waals surface area contributed by atoms with E-state index in [-0.39, 0.29) is 34.8 Å². The Bertz CT molecular complexity index is 412. The number of hydrogen-bond donors (Lipinski definition) is 2. The second kappa shape index (κ2) is 7.02. The maximum Gasteiger partial charge on any atom is 0.161 e. The van der Waals surface area contributed by atoms with Gasteiger partial charge in [0.05, 0.1) is 18.6 Å². The van der Waals surface area contributed by atoms with Gasteiger partial charge in [-0.15, -0.1) is 11.6 Å². The van der Waals surface area contributed by atoms with Crippen LogP contribution >= 0.6 is 23.5 Å². The Morgan fingerprint density at radius 1 is 1.52 bits per heavy atom. The average molecular weight is 342 g/mol. The minimum Gasteiger partial charge on any atom is -0.495 e. The molecule has 122 valence electrons. The Morgan fingerprint density at radius 2 is 2.24 bits per heavy atom. The SMILES string of the molecule is COC1=C(F)CC(SNC2(C)CCC(Cl)C(O)C2)CC1F. The number of alkyl halides is 2. The topological polar surface area (TPSA) is 41.5 Å². The number of aliphatic hydroxyl groups excluding tert-OH is 1. The normalized spacial score (nSPS) is 41.2. The van der Waals surface area contributed by atoms with Gasteiger partial charge >= 0.3 is 0 Å². The minimum absolute atomic E-state index is 0.165. The smallest absolute Gasteiger partial charge is 0.161 e. The van der Waals surface area contributed by atoms with E-state index in [0.717, 1.165) is 12.8 Å². The molecule has 7 heteroatoms. The molecule has 2 N–H and O–H groups in total. The second-order valence-corrected chi connectivity index (χ2v) is 7.78. The first-order chi connectivity index (χ1) is 9.84. The molecule has 0 saturated heterocycles. The summed E-state index contributed by atoms with van der Waals surface area (Å²) in [6, 6.07) is 0. The Hall–Kier alpha value is -0.0400. The third-order valence-corrected chi connectivity index (χ3v) is 5.98. The summed E-state index contributed by atoms with van der Waals surface area (Å²) in [4.78, 5) is 0. The van der Waals surface area contributed by atoms with E-state index < -0.39 is 18.1 Å². The first kappa shape index (κ1) is 17.3. The van der Waals surface area contributed by atoms with Gasteiger partial charge in [0.15, 0.2) is 11.9 Å². The van der Waals surface area contributed by atoms with Crippen molar-refractivity contribution < 1.29 is 18.6 Å². The summed E-state index contributed by atoms with van der Waals surface area (Å²) in [5.41, 5.74) is -0.261. The Kier molecular flexibility index (Phi) is 5.79. The number of allylic oxidation sites excluding steroid dienone is 2. The van der Waals surface area contributed by atoms with Crippen LogP contribution < -0.4 is 4.72 Å². The molecule has 0 aromatic heterocycles. The molecule has 2 aliphatic carbocycles. The highest BCUT2D eigenvalue weighted by atomic mass is 35.5. The molecule has 0 heterocycles. The van der Waals surface area contributed by atoms with Crippen molar-refractivity contribution in [3.05, 3.63) is 11.6 Å². The number of nitrogens with one attached hydrogen (secondary N) is 1. The maximum atomic E-state index is 13.8. The average Bonchev–Trinajstić information content (AvgIpc) is 2.41. The number of ether oxygens (including phenoxy) is 1. The van der Waals surface area contributed by atoms with Crippen LogP contribution in [0.2, 0.25) is 0 Å². The predicted octanol–water partition coefficient (Wildman–Crippen LogP) is 3.46. The molecule has 0 aromatic carbocycles. The van der Waals surface area contributed by atoms with Crippen LogP contribution in [-0.4, -0.2) is 40.7 Å². The van der Waals surface area contributed by atoms with Crippen LogP contribution in [0.1, 0.15) is 39.0 Å². The van der Waals surface area contributed by atoms with Gasteiger partial charge in [0.2, 0.25) is 0 Å². The van der Waals surface area contributed by atoms with E-state index in [0.29, 0.717) is 6.42 Å². The number of methoxy groups -OCH3 is 1. The van der Waals surface area contributed by atoms with Crippen LogP contribution in [-0.2, 0) is 4.74 Å². The monoisotopic (exact) mass is 341 g/mol. The molecule has 0 amide bonds. The van der Waals surface area contributed by atoms with Crippen molar-refractivity contribution >= 4 is 23.5 Å². The molecule has 0 aromatic rings. The summed E-state index contributed by atoms with van der Waals surface area (Å²) in [6.45, 7) is 2.01. The van der Waals surface area contributed by atoms with Crippen LogP contribution in [0.5, 0.6) is 0 Å². The zero-order valence-corrected chi connectivity index (χ0v) is 13.8. The van der Waals surface area contributed by atoms with Gasteiger partial charge in [0, 0.05) is 17.2 Å². The lowest BCUT2D eigenvalue weighted by molar-refractivity contribution is 0.0925. The molecule has 2 rings (SSSR count). The van der Waals surface area contributed by atoms with Gasteiger partial charge in [-0.05, 0) is 32.6 Å². The van der Waals surface area contributed by atoms with Crippen LogP contribution in [0, 0.1) is 0 Å². The van der Waals surface area contributed by atoms with E-state index in [1.165, 1.54) is 19.1 Å². The fourth-order valence-electron chi connectivity index (χ4n) is 2.88. The molecule has 1 fully saturated rings. The summed E-state index contributed by atoms with van der Waals surface area (Å²) in [6.07, 6.45) is 0.560. The van der Waals surface area contributed by atoms with Gasteiger partial charge in [-0.25, -0.2) is 8.78 Å². The molecule has 1 saturated carbocycles. The highest BCUT2D eigenvalue weighted by Gasteiger charge is 2.38. The van der Waals surface area contributed by atoms with Crippen LogP contribution in [0.25, 0.3) is 0 Å². The van der Waals surface area contributed by atoms with Gasteiger partial charge < -0.3 is 9.84 Å². The fourth-order valence-corrected chi connectivity index (χ4v) is 4.21. The van der Waals surface area contributed by atoms with Crippen molar-refractivity contribution in [2.75, 3.05) is 7.11 Å². The maximum absolute atomic E-state index is 13.8. The second-order valence-electron chi connectivity index (χ2n) is 6.11. The summed E-state index contributed by atoms with van der Waals surface area (Å²) in [7, 11) is 1.29. The number of halogens is 3. The molecule has 5 atom stereocenters. The van der Waals surface area contributed by atoms with Crippen molar-refractivity contribution in [2.45, 2.75) is 67.5 Å². The summed E-state index contributed by atoms with van der Waals surface area (Å²) in [5, 5.41) is 9.49. The third kappa shape index (κ3) is 4.24. The Labute approximate surface area is 133 Å². The van der Waals surface area contributed by atoms with E-state index in [2.05, 4.69) is 4.72 Å². The molecule has 2 aliphatic rings. The first-order valence-corrected chi connectivity index (χ1v) is 8.48. The zero-order valence-electron chi connectivity index (χ0n) is 12.2. The molecule has 0 spiro atoms. The van der Waals surface area contributed by atoms with Crippen LogP contribution in [0.4, 0.5) is 8.78 Å². The van der Waals surface area contributed by atoms with Gasteiger partial charge in [-0.3, -0.25) is 4.72 Å². The van der Waals surface area contributed by atoms with E-state index in [1.54, 1.807) is 0 Å². The van der Waals surface area contributed by atoms with Crippen molar-refractivity contribution in [1.29, 1.82) is 0 Å². The van der Waals surface area contributed by atoms with E-state index in [4.69, 9.17) is 16.3 Å². The molecular weight excluding hydrogens is 320 g/mol. The molecule has 0 radical (unpaired) electrons. The lowest BCUT2D eigenvalue weighted by Gasteiger charge is -2.40. The van der Waals surface area contributed by atoms with Gasteiger partial charge in [-0.1, -0.05) is 11.9 Å². The number of hydrogen-bond acceptors (Lipinski definition) is 4. The van der Waals surface area contributed by atoms with Crippen molar-refractivity contribution in [3.8, 4) is 0 Å². The van der Waals surface area contributed by atoms with Gasteiger partial charge in [0.25, 0.3) is 0 Å². The standard InChI is InChI=1S/C14H22ClF2NO2S/c1-14(4-3-9(15)12(19)7-14)18-21-8-5-10(16)13(20-2)11(17)6-8/h8-10,12,18-19H,3-7H2,1-2H3. The summed E-state index contributed by atoms with van der Waals surface area (Å²) >= 11 is 7.36. The fraction of sp³-hybridized carbons (Fsp3) is 0.857. The third-order valence-electron chi connectivity index (χ3n) is 4.17. The quantitative estimate of drug-likeness (QED) is 0.607. The van der Waals surface area contributed by atoms with Crippen LogP contribution in [0.15, 0.2) is 11.6 Å². The summed E-state index contributed by atoms with van der Waals surface area (Å²) in [5.74, 6) is -0.679. The lowest BCUT2D eigenvalue weighted by atomic mass is 9.82. The molecule has 0 bridgehead atoms. The van der Waals surface area contributed by atoms with Crippen molar-refractivity contribution in [2.24, 2.45) is 0 Å². The lowest BCUT2D eigenvalue weighted by Crippen LogP contribution is -2.48. The largest absolute Gasteiger partial charge is 0.495 e. The van der Waals surface area contributed by atoms with Gasteiger partial charge in [0.1, 0.15) is 5.83 Å². The van der Waals surface area contributed by atoms with E-state index in [9.17, 15) is 13.9 Å². The highest BCUT2D eigenvalue weighted by molar-refractivity contribution is 7.98. The minimum atomic E-state index is -1.39. The van der Waals surface area contributed by atoms with Gasteiger partial charge in [-0.2, -0.15) is 0 Å². The highest BCUT2D eigenvalue weighted by Crippen LogP contribution is 2.37. The van der Waals surface area contributed by atoms with E-state index in [1.807, 2.05) is 6.92 Å². The molecular formula is C14H22ClF2NO2S. The van der Waals surface area contributed by atoms with Crippen molar-refractivity contribution in [1.82, 2.24) is 4.72 Å². The summed E-state index contributed by atoms with van der Waals surface area (Å²) < 4.78 is 35.6. The van der Waals surface area contributed by atoms with Crippen molar-refractivity contribution in [3.63, 3.8) is 0 Å². The zero-order chi connectivity index (χ0) is 15.6. The number of aliphatic hydroxyl groups is 1. The Balaban J connectivity index is 1.88. The Morgan fingerprint density at radius 3 is 2.81 bits per heavy atom. The molecule has 0 aliphatic heterocycles. The first-order valence-electron chi connectivity index (χ1n) is 7.16. The molecule has 21 heavy (non-hydrogen) atoms. The molecule has 5 unspecified atom stereocenters. The predicted molar refractivity (Wildman–Crippen MR) is 81.7 cm³/mol. The van der Waals surface area contributed by atoms with E-state index >= 15 is 0 Å².